The minimum absolute atomic E-state index is 0.133. The zero-order valence-corrected chi connectivity index (χ0v) is 14.9. The van der Waals surface area contributed by atoms with Crippen molar-refractivity contribution >= 4 is 0 Å². The molecule has 1 saturated carbocycles. The minimum atomic E-state index is -0.777. The van der Waals surface area contributed by atoms with E-state index >= 15 is 0 Å². The standard InChI is InChI=1S/C20H34O2/c1-6-18(3,22)12-13-19(4)15(2)10-11-20(5)16(14-21)8-7-9-17(19)20/h6,8,15,17,21-22H,1,7,9-14H2,2-5H3/t15-,17-,18?,19+,20-/m1/s1. The summed E-state index contributed by atoms with van der Waals surface area (Å²) in [5.41, 5.74) is 0.821. The summed E-state index contributed by atoms with van der Waals surface area (Å²) in [5, 5.41) is 20.2. The molecule has 0 spiro atoms. The normalized spacial score (nSPS) is 41.3. The lowest BCUT2D eigenvalue weighted by Gasteiger charge is -2.58. The fourth-order valence-corrected chi connectivity index (χ4v) is 5.07. The summed E-state index contributed by atoms with van der Waals surface area (Å²) >= 11 is 0. The first-order valence-electron chi connectivity index (χ1n) is 8.86. The maximum absolute atomic E-state index is 10.3. The molecule has 2 heteroatoms. The van der Waals surface area contributed by atoms with Gasteiger partial charge in [-0.15, -0.1) is 6.58 Å². The molecule has 2 rings (SSSR count). The Balaban J connectivity index is 2.29. The average Bonchev–Trinajstić information content (AvgIpc) is 2.49. The topological polar surface area (TPSA) is 40.5 Å². The van der Waals surface area contributed by atoms with Gasteiger partial charge in [-0.3, -0.25) is 0 Å². The number of allylic oxidation sites excluding steroid dienone is 1. The van der Waals surface area contributed by atoms with E-state index in [1.807, 2.05) is 6.92 Å². The molecule has 0 bridgehead atoms. The Bertz CT molecular complexity index is 451. The highest BCUT2D eigenvalue weighted by Gasteiger charge is 2.53. The molecular formula is C20H34O2. The van der Waals surface area contributed by atoms with Gasteiger partial charge in [0.05, 0.1) is 12.2 Å². The summed E-state index contributed by atoms with van der Waals surface area (Å²) in [6.45, 7) is 13.0. The molecule has 0 aromatic rings. The van der Waals surface area contributed by atoms with E-state index in [-0.39, 0.29) is 17.4 Å². The molecule has 126 valence electrons. The molecule has 0 saturated heterocycles. The van der Waals surface area contributed by atoms with Gasteiger partial charge in [0.2, 0.25) is 0 Å². The molecule has 0 aromatic heterocycles. The third-order valence-corrected chi connectivity index (χ3v) is 7.15. The molecule has 2 N–H and O–H groups in total. The molecule has 2 aliphatic carbocycles. The Kier molecular flexibility index (Phi) is 4.94. The predicted octanol–water partition coefficient (Wildman–Crippen LogP) is 4.47. The van der Waals surface area contributed by atoms with Gasteiger partial charge < -0.3 is 10.2 Å². The van der Waals surface area contributed by atoms with Gasteiger partial charge in [-0.05, 0) is 73.7 Å². The zero-order chi connectivity index (χ0) is 16.6. The highest BCUT2D eigenvalue weighted by Crippen LogP contribution is 2.62. The molecule has 1 fully saturated rings. The van der Waals surface area contributed by atoms with Crippen molar-refractivity contribution in [3.05, 3.63) is 24.3 Å². The van der Waals surface area contributed by atoms with Crippen LogP contribution in [0.5, 0.6) is 0 Å². The quantitative estimate of drug-likeness (QED) is 0.735. The summed E-state index contributed by atoms with van der Waals surface area (Å²) in [6.07, 6.45) is 10.4. The number of aliphatic hydroxyl groups is 2. The van der Waals surface area contributed by atoms with E-state index in [0.29, 0.717) is 11.8 Å². The summed E-state index contributed by atoms with van der Waals surface area (Å²) in [4.78, 5) is 0. The van der Waals surface area contributed by atoms with Gasteiger partial charge >= 0.3 is 0 Å². The zero-order valence-electron chi connectivity index (χ0n) is 14.9. The Morgan fingerprint density at radius 3 is 2.68 bits per heavy atom. The van der Waals surface area contributed by atoms with Crippen molar-refractivity contribution in [2.24, 2.45) is 22.7 Å². The lowest BCUT2D eigenvalue weighted by atomic mass is 9.46. The Labute approximate surface area is 136 Å². The lowest BCUT2D eigenvalue weighted by Crippen LogP contribution is -2.51. The van der Waals surface area contributed by atoms with Crippen LogP contribution in [0.3, 0.4) is 0 Å². The first-order valence-corrected chi connectivity index (χ1v) is 8.86. The summed E-state index contributed by atoms with van der Waals surface area (Å²) in [6, 6.07) is 0. The van der Waals surface area contributed by atoms with Crippen LogP contribution >= 0.6 is 0 Å². The number of hydrogen-bond acceptors (Lipinski definition) is 2. The molecule has 5 atom stereocenters. The molecule has 2 aliphatic rings. The van der Waals surface area contributed by atoms with Crippen LogP contribution in [0.1, 0.15) is 66.2 Å². The van der Waals surface area contributed by atoms with Crippen LogP contribution in [0.4, 0.5) is 0 Å². The number of rotatable bonds is 5. The maximum Gasteiger partial charge on any atom is 0.0797 e. The molecule has 0 radical (unpaired) electrons. The first-order chi connectivity index (χ1) is 10.2. The van der Waals surface area contributed by atoms with Crippen LogP contribution in [0.25, 0.3) is 0 Å². The van der Waals surface area contributed by atoms with Gasteiger partial charge in [0.1, 0.15) is 0 Å². The lowest BCUT2D eigenvalue weighted by molar-refractivity contribution is -0.0616. The van der Waals surface area contributed by atoms with Crippen LogP contribution < -0.4 is 0 Å². The van der Waals surface area contributed by atoms with Crippen LogP contribution in [-0.4, -0.2) is 22.4 Å². The van der Waals surface area contributed by atoms with Crippen LogP contribution in [0.2, 0.25) is 0 Å². The van der Waals surface area contributed by atoms with E-state index < -0.39 is 5.60 Å². The molecule has 2 nitrogen and oxygen atoms in total. The molecule has 22 heavy (non-hydrogen) atoms. The van der Waals surface area contributed by atoms with Crippen LogP contribution in [0, 0.1) is 22.7 Å². The Morgan fingerprint density at radius 2 is 2.09 bits per heavy atom. The molecule has 0 amide bonds. The summed E-state index contributed by atoms with van der Waals surface area (Å²) in [7, 11) is 0. The number of fused-ring (bicyclic) bond motifs is 1. The maximum atomic E-state index is 10.3. The number of hydrogen-bond donors (Lipinski definition) is 2. The minimum Gasteiger partial charge on any atom is -0.392 e. The molecule has 1 unspecified atom stereocenters. The van der Waals surface area contributed by atoms with Gasteiger partial charge in [-0.25, -0.2) is 0 Å². The van der Waals surface area contributed by atoms with E-state index in [0.717, 1.165) is 19.3 Å². The van der Waals surface area contributed by atoms with Gasteiger partial charge in [0, 0.05) is 0 Å². The smallest absolute Gasteiger partial charge is 0.0797 e. The van der Waals surface area contributed by atoms with Crippen molar-refractivity contribution in [3.8, 4) is 0 Å². The molecule has 0 aliphatic heterocycles. The molecular weight excluding hydrogens is 272 g/mol. The fourth-order valence-electron chi connectivity index (χ4n) is 5.07. The second-order valence-electron chi connectivity index (χ2n) is 8.44. The van der Waals surface area contributed by atoms with Gasteiger partial charge in [0.25, 0.3) is 0 Å². The SMILES string of the molecule is C=CC(C)(O)CC[C@@]1(C)[C@H](C)CC[C@]2(C)C(CO)=CCC[C@H]12. The van der Waals surface area contributed by atoms with Gasteiger partial charge in [0.15, 0.2) is 0 Å². The van der Waals surface area contributed by atoms with Crippen molar-refractivity contribution < 1.29 is 10.2 Å². The molecule has 0 heterocycles. The third-order valence-electron chi connectivity index (χ3n) is 7.15. The second-order valence-corrected chi connectivity index (χ2v) is 8.44. The van der Waals surface area contributed by atoms with E-state index in [1.54, 1.807) is 6.08 Å². The van der Waals surface area contributed by atoms with Crippen LogP contribution in [0.15, 0.2) is 24.3 Å². The van der Waals surface area contributed by atoms with Crippen molar-refractivity contribution in [2.75, 3.05) is 6.61 Å². The van der Waals surface area contributed by atoms with Gasteiger partial charge in [-0.2, -0.15) is 0 Å². The average molecular weight is 306 g/mol. The van der Waals surface area contributed by atoms with E-state index in [4.69, 9.17) is 0 Å². The van der Waals surface area contributed by atoms with Gasteiger partial charge in [-0.1, -0.05) is 32.9 Å². The first kappa shape index (κ1) is 17.7. The third kappa shape index (κ3) is 2.92. The van der Waals surface area contributed by atoms with E-state index in [1.165, 1.54) is 24.8 Å². The van der Waals surface area contributed by atoms with Crippen molar-refractivity contribution in [3.63, 3.8) is 0 Å². The predicted molar refractivity (Wildman–Crippen MR) is 92.6 cm³/mol. The highest BCUT2D eigenvalue weighted by molar-refractivity contribution is 5.23. The van der Waals surface area contributed by atoms with Crippen molar-refractivity contribution in [2.45, 2.75) is 71.8 Å². The van der Waals surface area contributed by atoms with Crippen molar-refractivity contribution in [1.29, 1.82) is 0 Å². The van der Waals surface area contributed by atoms with E-state index in [2.05, 4.69) is 33.4 Å². The molecule has 0 aromatic carbocycles. The second kappa shape index (κ2) is 6.13. The summed E-state index contributed by atoms with van der Waals surface area (Å²) < 4.78 is 0. The fraction of sp³-hybridized carbons (Fsp3) is 0.800. The highest BCUT2D eigenvalue weighted by atomic mass is 16.3. The van der Waals surface area contributed by atoms with Crippen LogP contribution in [-0.2, 0) is 0 Å². The summed E-state index contributed by atoms with van der Waals surface area (Å²) in [5.74, 6) is 1.25. The number of aliphatic hydroxyl groups excluding tert-OH is 1. The Hall–Kier alpha value is -0.600. The largest absolute Gasteiger partial charge is 0.392 e. The van der Waals surface area contributed by atoms with E-state index in [9.17, 15) is 10.2 Å². The van der Waals surface area contributed by atoms with Crippen molar-refractivity contribution in [1.82, 2.24) is 0 Å². The Morgan fingerprint density at radius 1 is 1.41 bits per heavy atom. The monoisotopic (exact) mass is 306 g/mol.